The summed E-state index contributed by atoms with van der Waals surface area (Å²) in [6.45, 7) is 5.05. The molecule has 0 fully saturated rings. The fourth-order valence-corrected chi connectivity index (χ4v) is 1.21. The van der Waals surface area contributed by atoms with Crippen LogP contribution >= 0.6 is 11.6 Å². The van der Waals surface area contributed by atoms with Crippen LogP contribution in [0.3, 0.4) is 0 Å². The van der Waals surface area contributed by atoms with E-state index < -0.39 is 0 Å². The monoisotopic (exact) mass is 229 g/mol. The van der Waals surface area contributed by atoms with Gasteiger partial charge in [0.1, 0.15) is 12.4 Å². The molecular formula is C11H16ClNO2. The minimum atomic E-state index is 0.226. The van der Waals surface area contributed by atoms with Gasteiger partial charge in [0, 0.05) is 6.07 Å². The van der Waals surface area contributed by atoms with Crippen molar-refractivity contribution in [1.82, 2.24) is 0 Å². The molecule has 4 heteroatoms. The summed E-state index contributed by atoms with van der Waals surface area (Å²) in [5, 5.41) is 0.511. The minimum absolute atomic E-state index is 0.226. The van der Waals surface area contributed by atoms with Gasteiger partial charge in [0.05, 0.1) is 23.4 Å². The highest BCUT2D eigenvalue weighted by Crippen LogP contribution is 2.23. The van der Waals surface area contributed by atoms with E-state index in [-0.39, 0.29) is 6.10 Å². The van der Waals surface area contributed by atoms with Gasteiger partial charge in [-0.3, -0.25) is 0 Å². The van der Waals surface area contributed by atoms with Crippen LogP contribution in [0.4, 0.5) is 5.69 Å². The van der Waals surface area contributed by atoms with Gasteiger partial charge >= 0.3 is 0 Å². The maximum absolute atomic E-state index is 5.84. The average molecular weight is 230 g/mol. The SMILES string of the molecule is CC(C)OCCOc1ccc(N)c(Cl)c1. The van der Waals surface area contributed by atoms with E-state index in [9.17, 15) is 0 Å². The third-order valence-electron chi connectivity index (χ3n) is 1.78. The molecule has 0 unspecified atom stereocenters. The highest BCUT2D eigenvalue weighted by Gasteiger charge is 1.99. The van der Waals surface area contributed by atoms with E-state index in [1.54, 1.807) is 18.2 Å². The molecular weight excluding hydrogens is 214 g/mol. The number of nitrogen functional groups attached to an aromatic ring is 1. The lowest BCUT2D eigenvalue weighted by molar-refractivity contribution is 0.0553. The number of benzene rings is 1. The first kappa shape index (κ1) is 12.1. The molecule has 0 saturated heterocycles. The topological polar surface area (TPSA) is 44.5 Å². The van der Waals surface area contributed by atoms with Crippen molar-refractivity contribution in [2.24, 2.45) is 0 Å². The fraction of sp³-hybridized carbons (Fsp3) is 0.455. The number of hydrogen-bond acceptors (Lipinski definition) is 3. The fourth-order valence-electron chi connectivity index (χ4n) is 1.04. The summed E-state index contributed by atoms with van der Waals surface area (Å²) in [5.74, 6) is 0.710. The molecule has 0 atom stereocenters. The predicted molar refractivity (Wildman–Crippen MR) is 62.4 cm³/mol. The zero-order valence-corrected chi connectivity index (χ0v) is 9.75. The van der Waals surface area contributed by atoms with Crippen LogP contribution in [0.25, 0.3) is 0 Å². The summed E-state index contributed by atoms with van der Waals surface area (Å²) in [5.41, 5.74) is 6.13. The Bertz CT molecular complexity index is 315. The molecule has 1 rings (SSSR count). The van der Waals surface area contributed by atoms with Crippen LogP contribution in [0, 0.1) is 0 Å². The van der Waals surface area contributed by atoms with Gasteiger partial charge in [-0.05, 0) is 26.0 Å². The van der Waals surface area contributed by atoms with Crippen LogP contribution in [-0.2, 0) is 4.74 Å². The Balaban J connectivity index is 2.35. The summed E-state index contributed by atoms with van der Waals surface area (Å²) in [6, 6.07) is 5.21. The summed E-state index contributed by atoms with van der Waals surface area (Å²) in [6.07, 6.45) is 0.226. The summed E-state index contributed by atoms with van der Waals surface area (Å²) >= 11 is 5.84. The molecule has 0 radical (unpaired) electrons. The Morgan fingerprint density at radius 3 is 2.67 bits per heavy atom. The second-order valence-corrected chi connectivity index (χ2v) is 3.86. The van der Waals surface area contributed by atoms with Gasteiger partial charge in [0.2, 0.25) is 0 Å². The summed E-state index contributed by atoms with van der Waals surface area (Å²) in [4.78, 5) is 0. The van der Waals surface area contributed by atoms with E-state index in [2.05, 4.69) is 0 Å². The number of hydrogen-bond donors (Lipinski definition) is 1. The average Bonchev–Trinajstić information content (AvgIpc) is 2.18. The van der Waals surface area contributed by atoms with Crippen LogP contribution in [0.1, 0.15) is 13.8 Å². The first-order valence-electron chi connectivity index (χ1n) is 4.89. The maximum atomic E-state index is 5.84. The van der Waals surface area contributed by atoms with Gasteiger partial charge in [0.25, 0.3) is 0 Å². The van der Waals surface area contributed by atoms with E-state index in [1.807, 2.05) is 13.8 Å². The molecule has 84 valence electrons. The number of ether oxygens (including phenoxy) is 2. The second-order valence-electron chi connectivity index (χ2n) is 3.45. The van der Waals surface area contributed by atoms with Crippen molar-refractivity contribution in [3.63, 3.8) is 0 Å². The molecule has 0 aromatic heterocycles. The van der Waals surface area contributed by atoms with Gasteiger partial charge in [-0.15, -0.1) is 0 Å². The van der Waals surface area contributed by atoms with E-state index in [4.69, 9.17) is 26.8 Å². The Morgan fingerprint density at radius 2 is 2.07 bits per heavy atom. The standard InChI is InChI=1S/C11H16ClNO2/c1-8(2)14-5-6-15-9-3-4-11(13)10(12)7-9/h3-4,7-8H,5-6,13H2,1-2H3. The van der Waals surface area contributed by atoms with Gasteiger partial charge < -0.3 is 15.2 Å². The Morgan fingerprint density at radius 1 is 1.33 bits per heavy atom. The van der Waals surface area contributed by atoms with Crippen molar-refractivity contribution in [1.29, 1.82) is 0 Å². The normalized spacial score (nSPS) is 10.7. The van der Waals surface area contributed by atoms with Crippen LogP contribution in [-0.4, -0.2) is 19.3 Å². The quantitative estimate of drug-likeness (QED) is 0.624. The third kappa shape index (κ3) is 4.40. The molecule has 0 amide bonds. The first-order chi connectivity index (χ1) is 7.09. The molecule has 2 N–H and O–H groups in total. The molecule has 0 heterocycles. The smallest absolute Gasteiger partial charge is 0.121 e. The van der Waals surface area contributed by atoms with Crippen molar-refractivity contribution >= 4 is 17.3 Å². The van der Waals surface area contributed by atoms with Gasteiger partial charge in [-0.1, -0.05) is 11.6 Å². The van der Waals surface area contributed by atoms with E-state index in [1.165, 1.54) is 0 Å². The summed E-state index contributed by atoms with van der Waals surface area (Å²) < 4.78 is 10.8. The zero-order valence-electron chi connectivity index (χ0n) is 9.00. The van der Waals surface area contributed by atoms with Crippen LogP contribution in [0.15, 0.2) is 18.2 Å². The molecule has 15 heavy (non-hydrogen) atoms. The molecule has 0 aliphatic carbocycles. The third-order valence-corrected chi connectivity index (χ3v) is 2.10. The molecule has 0 aliphatic rings. The lowest BCUT2D eigenvalue weighted by Crippen LogP contribution is -2.11. The van der Waals surface area contributed by atoms with Crippen LogP contribution < -0.4 is 10.5 Å². The largest absolute Gasteiger partial charge is 0.491 e. The molecule has 1 aromatic carbocycles. The number of nitrogens with two attached hydrogens (primary N) is 1. The number of halogens is 1. The van der Waals surface area contributed by atoms with E-state index >= 15 is 0 Å². The lowest BCUT2D eigenvalue weighted by Gasteiger charge is -2.09. The van der Waals surface area contributed by atoms with Crippen molar-refractivity contribution in [2.45, 2.75) is 20.0 Å². The predicted octanol–water partition coefficient (Wildman–Crippen LogP) is 2.73. The Labute approximate surface area is 95.1 Å². The maximum Gasteiger partial charge on any atom is 0.121 e. The van der Waals surface area contributed by atoms with Crippen LogP contribution in [0.5, 0.6) is 5.75 Å². The number of anilines is 1. The van der Waals surface area contributed by atoms with Crippen LogP contribution in [0.2, 0.25) is 5.02 Å². The van der Waals surface area contributed by atoms with Gasteiger partial charge in [-0.25, -0.2) is 0 Å². The summed E-state index contributed by atoms with van der Waals surface area (Å²) in [7, 11) is 0. The first-order valence-corrected chi connectivity index (χ1v) is 5.27. The van der Waals surface area contributed by atoms with Crippen molar-refractivity contribution in [3.8, 4) is 5.75 Å². The molecule has 3 nitrogen and oxygen atoms in total. The van der Waals surface area contributed by atoms with Gasteiger partial charge in [0.15, 0.2) is 0 Å². The zero-order chi connectivity index (χ0) is 11.3. The Kier molecular flexibility index (Phi) is 4.72. The van der Waals surface area contributed by atoms with Gasteiger partial charge in [-0.2, -0.15) is 0 Å². The van der Waals surface area contributed by atoms with E-state index in [0.29, 0.717) is 29.7 Å². The van der Waals surface area contributed by atoms with E-state index in [0.717, 1.165) is 0 Å². The molecule has 0 saturated carbocycles. The Hall–Kier alpha value is -0.930. The number of rotatable bonds is 5. The highest BCUT2D eigenvalue weighted by atomic mass is 35.5. The molecule has 0 bridgehead atoms. The molecule has 1 aromatic rings. The lowest BCUT2D eigenvalue weighted by atomic mass is 10.3. The van der Waals surface area contributed by atoms with Crippen molar-refractivity contribution in [3.05, 3.63) is 23.2 Å². The minimum Gasteiger partial charge on any atom is -0.491 e. The molecule has 0 spiro atoms. The van der Waals surface area contributed by atoms with Crippen molar-refractivity contribution < 1.29 is 9.47 Å². The van der Waals surface area contributed by atoms with Crippen molar-refractivity contribution in [2.75, 3.05) is 18.9 Å². The molecule has 0 aliphatic heterocycles. The highest BCUT2D eigenvalue weighted by molar-refractivity contribution is 6.33. The second kappa shape index (κ2) is 5.83.